The van der Waals surface area contributed by atoms with Gasteiger partial charge >= 0.3 is 0 Å². The summed E-state index contributed by atoms with van der Waals surface area (Å²) in [6.45, 7) is 3.67. The number of aryl methyl sites for hydroxylation is 1. The van der Waals surface area contributed by atoms with Crippen LogP contribution in [0.25, 0.3) is 0 Å². The quantitative estimate of drug-likeness (QED) is 0.601. The van der Waals surface area contributed by atoms with Gasteiger partial charge in [0.2, 0.25) is 5.91 Å². The molecule has 0 aliphatic carbocycles. The van der Waals surface area contributed by atoms with E-state index in [1.165, 1.54) is 11.1 Å². The zero-order valence-electron chi connectivity index (χ0n) is 17.5. The highest BCUT2D eigenvalue weighted by molar-refractivity contribution is 5.81. The number of hydrogen-bond acceptors (Lipinski definition) is 4. The molecule has 1 fully saturated rings. The first-order valence-electron chi connectivity index (χ1n) is 10.3. The average Bonchev–Trinajstić information content (AvgIpc) is 3.06. The van der Waals surface area contributed by atoms with Crippen LogP contribution in [0.3, 0.4) is 0 Å². The number of carbonyl (C=O) groups is 1. The standard InChI is InChI=1S/C25H27N3O2/c1-19-6-8-20(9-7-19)14-16-28-24(29)17-27(2)25(28)21-10-12-23(13-11-21)30-18-22-5-3-4-15-26-22/h3-13,15,25H,14,16-18H2,1-2H3. The molecule has 1 amide bonds. The zero-order chi connectivity index (χ0) is 20.9. The van der Waals surface area contributed by atoms with Gasteiger partial charge in [-0.3, -0.25) is 14.7 Å². The molecule has 0 N–H and O–H groups in total. The van der Waals surface area contributed by atoms with E-state index in [2.05, 4.69) is 41.1 Å². The second-order valence-corrected chi connectivity index (χ2v) is 7.79. The number of amides is 1. The summed E-state index contributed by atoms with van der Waals surface area (Å²) in [5.74, 6) is 0.965. The molecule has 1 atom stereocenters. The Balaban J connectivity index is 1.42. The summed E-state index contributed by atoms with van der Waals surface area (Å²) in [5.41, 5.74) is 4.49. The Labute approximate surface area is 177 Å². The van der Waals surface area contributed by atoms with E-state index in [-0.39, 0.29) is 12.1 Å². The number of hydrogen-bond donors (Lipinski definition) is 0. The molecule has 2 heterocycles. The molecule has 0 bridgehead atoms. The lowest BCUT2D eigenvalue weighted by Crippen LogP contribution is -2.32. The van der Waals surface area contributed by atoms with Crippen molar-refractivity contribution >= 4 is 5.91 Å². The molecular weight excluding hydrogens is 374 g/mol. The van der Waals surface area contributed by atoms with E-state index in [0.717, 1.165) is 23.4 Å². The average molecular weight is 402 g/mol. The lowest BCUT2D eigenvalue weighted by Gasteiger charge is -2.28. The summed E-state index contributed by atoms with van der Waals surface area (Å²) in [6.07, 6.45) is 2.56. The zero-order valence-corrected chi connectivity index (χ0v) is 17.5. The van der Waals surface area contributed by atoms with Crippen LogP contribution in [0.1, 0.15) is 28.6 Å². The number of rotatable bonds is 7. The van der Waals surface area contributed by atoms with Gasteiger partial charge in [-0.05, 0) is 55.8 Å². The molecule has 1 aromatic heterocycles. The number of carbonyl (C=O) groups excluding carboxylic acids is 1. The van der Waals surface area contributed by atoms with Crippen molar-refractivity contribution in [3.63, 3.8) is 0 Å². The van der Waals surface area contributed by atoms with Crippen molar-refractivity contribution in [1.82, 2.24) is 14.8 Å². The summed E-state index contributed by atoms with van der Waals surface area (Å²) in [5, 5.41) is 0. The highest BCUT2D eigenvalue weighted by Gasteiger charge is 2.36. The first-order chi connectivity index (χ1) is 14.6. The molecule has 0 spiro atoms. The summed E-state index contributed by atoms with van der Waals surface area (Å²) >= 11 is 0. The van der Waals surface area contributed by atoms with Crippen LogP contribution >= 0.6 is 0 Å². The Hall–Kier alpha value is -3.18. The molecule has 1 aliphatic rings. The lowest BCUT2D eigenvalue weighted by molar-refractivity contribution is -0.128. The second kappa shape index (κ2) is 9.09. The van der Waals surface area contributed by atoms with Crippen LogP contribution in [0.4, 0.5) is 0 Å². The van der Waals surface area contributed by atoms with E-state index >= 15 is 0 Å². The maximum atomic E-state index is 12.6. The molecule has 4 rings (SSSR count). The monoisotopic (exact) mass is 401 g/mol. The molecule has 3 aromatic rings. The van der Waals surface area contributed by atoms with Crippen molar-refractivity contribution in [2.45, 2.75) is 26.1 Å². The molecule has 0 radical (unpaired) electrons. The molecule has 5 nitrogen and oxygen atoms in total. The number of pyridine rings is 1. The van der Waals surface area contributed by atoms with Crippen LogP contribution in [-0.2, 0) is 17.8 Å². The van der Waals surface area contributed by atoms with Crippen molar-refractivity contribution < 1.29 is 9.53 Å². The fraction of sp³-hybridized carbons (Fsp3) is 0.280. The topological polar surface area (TPSA) is 45.7 Å². The highest BCUT2D eigenvalue weighted by atomic mass is 16.5. The third-order valence-corrected chi connectivity index (χ3v) is 5.47. The van der Waals surface area contributed by atoms with E-state index in [1.54, 1.807) is 6.20 Å². The van der Waals surface area contributed by atoms with Gasteiger partial charge in [-0.1, -0.05) is 48.0 Å². The van der Waals surface area contributed by atoms with Crippen LogP contribution in [0.5, 0.6) is 5.75 Å². The Morgan fingerprint density at radius 2 is 1.80 bits per heavy atom. The molecule has 154 valence electrons. The molecule has 5 heteroatoms. The van der Waals surface area contributed by atoms with Gasteiger partial charge in [-0.15, -0.1) is 0 Å². The number of aromatic nitrogens is 1. The summed E-state index contributed by atoms with van der Waals surface area (Å²) in [4.78, 5) is 21.0. The maximum Gasteiger partial charge on any atom is 0.238 e. The predicted octanol–water partition coefficient (Wildman–Crippen LogP) is 3.98. The van der Waals surface area contributed by atoms with Crippen molar-refractivity contribution in [1.29, 1.82) is 0 Å². The lowest BCUT2D eigenvalue weighted by atomic mass is 10.1. The smallest absolute Gasteiger partial charge is 0.238 e. The molecule has 1 aliphatic heterocycles. The first-order valence-corrected chi connectivity index (χ1v) is 10.3. The summed E-state index contributed by atoms with van der Waals surface area (Å²) in [6, 6.07) is 22.3. The second-order valence-electron chi connectivity index (χ2n) is 7.79. The van der Waals surface area contributed by atoms with E-state index in [0.29, 0.717) is 19.7 Å². The van der Waals surface area contributed by atoms with E-state index in [9.17, 15) is 4.79 Å². The Bertz CT molecular complexity index is 972. The van der Waals surface area contributed by atoms with Crippen LogP contribution in [0.15, 0.2) is 72.9 Å². The fourth-order valence-electron chi connectivity index (χ4n) is 3.83. The van der Waals surface area contributed by atoms with Gasteiger partial charge in [0.15, 0.2) is 0 Å². The SMILES string of the molecule is Cc1ccc(CCN2C(=O)CN(C)C2c2ccc(OCc3ccccn3)cc2)cc1. The summed E-state index contributed by atoms with van der Waals surface area (Å²) in [7, 11) is 2.00. The van der Waals surface area contributed by atoms with Crippen molar-refractivity contribution in [2.24, 2.45) is 0 Å². The van der Waals surface area contributed by atoms with E-state index in [1.807, 2.05) is 54.4 Å². The van der Waals surface area contributed by atoms with Crippen LogP contribution in [-0.4, -0.2) is 40.8 Å². The van der Waals surface area contributed by atoms with Gasteiger partial charge in [0.05, 0.1) is 12.2 Å². The Morgan fingerprint density at radius 1 is 1.03 bits per heavy atom. The van der Waals surface area contributed by atoms with Gasteiger partial charge in [0.25, 0.3) is 0 Å². The number of benzene rings is 2. The van der Waals surface area contributed by atoms with E-state index in [4.69, 9.17) is 4.74 Å². The predicted molar refractivity (Wildman–Crippen MR) is 117 cm³/mol. The van der Waals surface area contributed by atoms with Crippen molar-refractivity contribution in [2.75, 3.05) is 20.1 Å². The number of likely N-dealkylation sites (N-methyl/N-ethyl adjacent to an activating group) is 1. The molecule has 30 heavy (non-hydrogen) atoms. The molecule has 2 aromatic carbocycles. The van der Waals surface area contributed by atoms with Crippen LogP contribution in [0, 0.1) is 6.92 Å². The first kappa shape index (κ1) is 20.1. The third kappa shape index (κ3) is 4.69. The van der Waals surface area contributed by atoms with Gasteiger partial charge in [-0.25, -0.2) is 0 Å². The van der Waals surface area contributed by atoms with Crippen LogP contribution < -0.4 is 4.74 Å². The fourth-order valence-corrected chi connectivity index (χ4v) is 3.83. The third-order valence-electron chi connectivity index (χ3n) is 5.47. The van der Waals surface area contributed by atoms with Gasteiger partial charge < -0.3 is 9.64 Å². The largest absolute Gasteiger partial charge is 0.487 e. The number of nitrogens with zero attached hydrogens (tertiary/aromatic N) is 3. The molecular formula is C25H27N3O2. The van der Waals surface area contributed by atoms with Crippen molar-refractivity contribution in [3.05, 3.63) is 95.3 Å². The molecule has 1 unspecified atom stereocenters. The maximum absolute atomic E-state index is 12.6. The Morgan fingerprint density at radius 3 is 2.50 bits per heavy atom. The number of ether oxygens (including phenoxy) is 1. The minimum atomic E-state index is -0.0483. The molecule has 1 saturated heterocycles. The molecule has 0 saturated carbocycles. The normalized spacial score (nSPS) is 16.8. The minimum Gasteiger partial charge on any atom is -0.487 e. The van der Waals surface area contributed by atoms with Gasteiger partial charge in [0, 0.05) is 12.7 Å². The van der Waals surface area contributed by atoms with Gasteiger partial charge in [-0.2, -0.15) is 0 Å². The minimum absolute atomic E-state index is 0.0483. The Kier molecular flexibility index (Phi) is 6.10. The van der Waals surface area contributed by atoms with E-state index < -0.39 is 0 Å². The van der Waals surface area contributed by atoms with Crippen LogP contribution in [0.2, 0.25) is 0 Å². The summed E-state index contributed by atoms with van der Waals surface area (Å²) < 4.78 is 5.84. The van der Waals surface area contributed by atoms with Gasteiger partial charge in [0.1, 0.15) is 18.5 Å². The van der Waals surface area contributed by atoms with Crippen molar-refractivity contribution in [3.8, 4) is 5.75 Å². The highest BCUT2D eigenvalue weighted by Crippen LogP contribution is 2.30.